The van der Waals surface area contributed by atoms with Gasteiger partial charge in [0.2, 0.25) is 0 Å². The second-order valence-electron chi connectivity index (χ2n) is 5.20. The van der Waals surface area contributed by atoms with Crippen LogP contribution in [0, 0.1) is 0 Å². The summed E-state index contributed by atoms with van der Waals surface area (Å²) in [7, 11) is 0. The molecule has 20 heavy (non-hydrogen) atoms. The van der Waals surface area contributed by atoms with Gasteiger partial charge < -0.3 is 24.8 Å². The van der Waals surface area contributed by atoms with E-state index in [4.69, 9.17) is 9.47 Å². The van der Waals surface area contributed by atoms with Crippen molar-refractivity contribution < 1.29 is 24.8 Å². The molecule has 1 fully saturated rings. The Morgan fingerprint density at radius 3 is 2.55 bits per heavy atom. The Labute approximate surface area is 121 Å². The van der Waals surface area contributed by atoms with Crippen LogP contribution in [0.1, 0.15) is 39.0 Å². The minimum atomic E-state index is -0.999. The van der Waals surface area contributed by atoms with E-state index in [-0.39, 0.29) is 13.2 Å². The minimum absolute atomic E-state index is 0.0341. The average molecular weight is 288 g/mol. The summed E-state index contributed by atoms with van der Waals surface area (Å²) in [4.78, 5) is 0. The summed E-state index contributed by atoms with van der Waals surface area (Å²) in [6, 6.07) is 0. The quantitative estimate of drug-likeness (QED) is 0.436. The molecule has 0 radical (unpaired) electrons. The van der Waals surface area contributed by atoms with Crippen LogP contribution in [0.3, 0.4) is 0 Å². The molecule has 0 aromatic carbocycles. The molecule has 1 saturated heterocycles. The predicted octanol–water partition coefficient (Wildman–Crippen LogP) is 1.01. The average Bonchev–Trinajstić information content (AvgIpc) is 2.46. The molecule has 1 rings (SSSR count). The fourth-order valence-corrected chi connectivity index (χ4v) is 2.20. The minimum Gasteiger partial charge on any atom is -0.394 e. The van der Waals surface area contributed by atoms with Crippen molar-refractivity contribution in [2.24, 2.45) is 0 Å². The first-order chi connectivity index (χ1) is 9.70. The van der Waals surface area contributed by atoms with Gasteiger partial charge in [0.05, 0.1) is 13.2 Å². The lowest BCUT2D eigenvalue weighted by atomic mass is 10.0. The van der Waals surface area contributed by atoms with Crippen LogP contribution in [0.25, 0.3) is 0 Å². The normalized spacial score (nSPS) is 31.0. The zero-order valence-corrected chi connectivity index (χ0v) is 12.3. The molecule has 0 aliphatic carbocycles. The Morgan fingerprint density at radius 2 is 1.90 bits per heavy atom. The van der Waals surface area contributed by atoms with Crippen molar-refractivity contribution >= 4 is 0 Å². The van der Waals surface area contributed by atoms with E-state index in [1.807, 2.05) is 0 Å². The molecule has 1 heterocycles. The molecule has 0 amide bonds. The third kappa shape index (κ3) is 5.89. The molecule has 4 atom stereocenters. The summed E-state index contributed by atoms with van der Waals surface area (Å²) in [6.07, 6.45) is 6.48. The summed E-state index contributed by atoms with van der Waals surface area (Å²) < 4.78 is 10.8. The van der Waals surface area contributed by atoms with E-state index in [1.54, 1.807) is 0 Å². The Hall–Kier alpha value is -0.460. The Morgan fingerprint density at radius 1 is 1.20 bits per heavy atom. The molecule has 0 unspecified atom stereocenters. The van der Waals surface area contributed by atoms with Crippen molar-refractivity contribution in [2.45, 2.75) is 63.4 Å². The lowest BCUT2D eigenvalue weighted by molar-refractivity contribution is -0.211. The number of allylic oxidation sites excluding steroid dienone is 2. The standard InChI is InChI=1S/C15H28O5/c1-2-3-4-5-6-7-8-9-19-15-13(10-16)20-11-12(17)14(15)18/h5-6,12-18H,2-4,7-11H2,1H3/b6-5+/t12-,13+,14+,15+/m1/s1. The largest absolute Gasteiger partial charge is 0.394 e. The predicted molar refractivity (Wildman–Crippen MR) is 76.5 cm³/mol. The van der Waals surface area contributed by atoms with E-state index in [1.165, 1.54) is 12.8 Å². The number of aliphatic hydroxyl groups is 3. The Bertz CT molecular complexity index is 267. The molecule has 1 aliphatic heterocycles. The molecule has 3 N–H and O–H groups in total. The number of aliphatic hydroxyl groups excluding tert-OH is 3. The van der Waals surface area contributed by atoms with E-state index in [0.29, 0.717) is 6.61 Å². The lowest BCUT2D eigenvalue weighted by Crippen LogP contribution is -2.55. The molecule has 118 valence electrons. The van der Waals surface area contributed by atoms with Gasteiger partial charge in [-0.3, -0.25) is 0 Å². The van der Waals surface area contributed by atoms with Gasteiger partial charge in [-0.05, 0) is 19.3 Å². The van der Waals surface area contributed by atoms with E-state index in [0.717, 1.165) is 19.3 Å². The molecule has 0 spiro atoms. The van der Waals surface area contributed by atoms with Crippen LogP contribution in [0.4, 0.5) is 0 Å². The molecule has 5 heteroatoms. The fourth-order valence-electron chi connectivity index (χ4n) is 2.20. The van der Waals surface area contributed by atoms with Crippen molar-refractivity contribution in [3.8, 4) is 0 Å². The highest BCUT2D eigenvalue weighted by atomic mass is 16.6. The van der Waals surface area contributed by atoms with Gasteiger partial charge in [0.25, 0.3) is 0 Å². The van der Waals surface area contributed by atoms with E-state index < -0.39 is 24.4 Å². The topological polar surface area (TPSA) is 79.2 Å². The SMILES string of the molecule is CCCC/C=C/CCCO[C@@H]1[C@@H](O)[C@H](O)CO[C@H]1CO. The first kappa shape index (κ1) is 17.6. The summed E-state index contributed by atoms with van der Waals surface area (Å²) in [5.41, 5.74) is 0. The highest BCUT2D eigenvalue weighted by Gasteiger charge is 2.39. The van der Waals surface area contributed by atoms with Crippen LogP contribution in [0.15, 0.2) is 12.2 Å². The third-order valence-corrected chi connectivity index (χ3v) is 3.47. The maximum atomic E-state index is 9.86. The van der Waals surface area contributed by atoms with Gasteiger partial charge in [-0.25, -0.2) is 0 Å². The van der Waals surface area contributed by atoms with E-state index in [9.17, 15) is 15.3 Å². The third-order valence-electron chi connectivity index (χ3n) is 3.47. The highest BCUT2D eigenvalue weighted by Crippen LogP contribution is 2.19. The van der Waals surface area contributed by atoms with Crippen LogP contribution in [0.5, 0.6) is 0 Å². The van der Waals surface area contributed by atoms with E-state index in [2.05, 4.69) is 19.1 Å². The second-order valence-corrected chi connectivity index (χ2v) is 5.20. The molecular formula is C15H28O5. The summed E-state index contributed by atoms with van der Waals surface area (Å²) in [5.74, 6) is 0. The zero-order chi connectivity index (χ0) is 14.8. The van der Waals surface area contributed by atoms with Gasteiger partial charge in [0, 0.05) is 6.61 Å². The fraction of sp³-hybridized carbons (Fsp3) is 0.867. The summed E-state index contributed by atoms with van der Waals surface area (Å²) in [5, 5.41) is 28.6. The first-order valence-electron chi connectivity index (χ1n) is 7.55. The van der Waals surface area contributed by atoms with Gasteiger partial charge in [-0.15, -0.1) is 0 Å². The van der Waals surface area contributed by atoms with Crippen LogP contribution in [-0.4, -0.2) is 59.6 Å². The maximum absolute atomic E-state index is 9.86. The van der Waals surface area contributed by atoms with Gasteiger partial charge in [0.1, 0.15) is 24.4 Å². The van der Waals surface area contributed by atoms with Gasteiger partial charge in [-0.1, -0.05) is 31.9 Å². The van der Waals surface area contributed by atoms with Gasteiger partial charge in [-0.2, -0.15) is 0 Å². The van der Waals surface area contributed by atoms with Crippen LogP contribution in [-0.2, 0) is 9.47 Å². The molecule has 0 aromatic rings. The Balaban J connectivity index is 2.19. The summed E-state index contributed by atoms with van der Waals surface area (Å²) in [6.45, 7) is 2.47. The number of hydrogen-bond donors (Lipinski definition) is 3. The van der Waals surface area contributed by atoms with Crippen molar-refractivity contribution in [1.29, 1.82) is 0 Å². The highest BCUT2D eigenvalue weighted by molar-refractivity contribution is 4.88. The first-order valence-corrected chi connectivity index (χ1v) is 7.55. The van der Waals surface area contributed by atoms with Crippen molar-refractivity contribution in [2.75, 3.05) is 19.8 Å². The van der Waals surface area contributed by atoms with Gasteiger partial charge >= 0.3 is 0 Å². The second kappa shape index (κ2) is 10.3. The number of ether oxygens (including phenoxy) is 2. The zero-order valence-electron chi connectivity index (χ0n) is 12.3. The van der Waals surface area contributed by atoms with Crippen LogP contribution in [0.2, 0.25) is 0 Å². The molecule has 1 aliphatic rings. The lowest BCUT2D eigenvalue weighted by Gasteiger charge is -2.37. The molecule has 0 aromatic heterocycles. The van der Waals surface area contributed by atoms with Crippen molar-refractivity contribution in [3.05, 3.63) is 12.2 Å². The van der Waals surface area contributed by atoms with Crippen LogP contribution < -0.4 is 0 Å². The number of unbranched alkanes of at least 4 members (excludes halogenated alkanes) is 3. The number of hydrogen-bond acceptors (Lipinski definition) is 5. The van der Waals surface area contributed by atoms with Gasteiger partial charge in [0.15, 0.2) is 0 Å². The number of rotatable bonds is 9. The van der Waals surface area contributed by atoms with Crippen molar-refractivity contribution in [3.63, 3.8) is 0 Å². The van der Waals surface area contributed by atoms with E-state index >= 15 is 0 Å². The molecule has 0 bridgehead atoms. The summed E-state index contributed by atoms with van der Waals surface area (Å²) >= 11 is 0. The Kier molecular flexibility index (Phi) is 9.05. The monoisotopic (exact) mass is 288 g/mol. The van der Waals surface area contributed by atoms with Crippen molar-refractivity contribution in [1.82, 2.24) is 0 Å². The molecular weight excluding hydrogens is 260 g/mol. The molecule has 0 saturated carbocycles. The van der Waals surface area contributed by atoms with Crippen LogP contribution >= 0.6 is 0 Å². The molecule has 5 nitrogen and oxygen atoms in total. The maximum Gasteiger partial charge on any atom is 0.114 e. The smallest absolute Gasteiger partial charge is 0.114 e.